The Kier molecular flexibility index (Phi) is 3.83. The van der Waals surface area contributed by atoms with Crippen LogP contribution in [0.15, 0.2) is 30.3 Å². The summed E-state index contributed by atoms with van der Waals surface area (Å²) in [4.78, 5) is 14.8. The van der Waals surface area contributed by atoms with Crippen molar-refractivity contribution in [2.24, 2.45) is 5.92 Å². The molecular formula is C16H21NO2. The van der Waals surface area contributed by atoms with E-state index in [2.05, 4.69) is 17.0 Å². The van der Waals surface area contributed by atoms with Crippen LogP contribution in [0.25, 0.3) is 0 Å². The van der Waals surface area contributed by atoms with Gasteiger partial charge in [0, 0.05) is 31.7 Å². The Balaban J connectivity index is 1.68. The summed E-state index contributed by atoms with van der Waals surface area (Å²) in [5.41, 5.74) is 1.23. The van der Waals surface area contributed by atoms with Crippen molar-refractivity contribution >= 4 is 5.91 Å². The lowest BCUT2D eigenvalue weighted by Crippen LogP contribution is -2.39. The molecule has 2 aliphatic rings. The van der Waals surface area contributed by atoms with Crippen molar-refractivity contribution in [1.82, 2.24) is 4.90 Å². The smallest absolute Gasteiger partial charge is 0.226 e. The second-order valence-corrected chi connectivity index (χ2v) is 5.57. The summed E-state index contributed by atoms with van der Waals surface area (Å²) in [5.74, 6) is 0.521. The van der Waals surface area contributed by atoms with E-state index in [1.165, 1.54) is 18.4 Å². The summed E-state index contributed by atoms with van der Waals surface area (Å²) in [6.45, 7) is 2.24. The third-order valence-electron chi connectivity index (χ3n) is 4.04. The maximum Gasteiger partial charge on any atom is 0.226 e. The van der Waals surface area contributed by atoms with E-state index < -0.39 is 0 Å². The Morgan fingerprint density at radius 3 is 2.42 bits per heavy atom. The summed E-state index contributed by atoms with van der Waals surface area (Å²) < 4.78 is 5.35. The Morgan fingerprint density at radius 2 is 1.79 bits per heavy atom. The molecule has 0 aromatic heterocycles. The van der Waals surface area contributed by atoms with Crippen molar-refractivity contribution in [3.05, 3.63) is 35.9 Å². The Labute approximate surface area is 114 Å². The fraction of sp³-hybridized carbons (Fsp3) is 0.562. The Hall–Kier alpha value is -1.35. The van der Waals surface area contributed by atoms with Crippen molar-refractivity contribution < 1.29 is 9.53 Å². The minimum Gasteiger partial charge on any atom is -0.381 e. The molecule has 1 saturated heterocycles. The molecule has 0 atom stereocenters. The minimum atomic E-state index is 0.179. The van der Waals surface area contributed by atoms with Crippen molar-refractivity contribution in [2.45, 2.75) is 38.3 Å². The maximum absolute atomic E-state index is 12.7. The van der Waals surface area contributed by atoms with Crippen LogP contribution in [0.1, 0.15) is 31.2 Å². The second kappa shape index (κ2) is 5.74. The molecule has 102 valence electrons. The maximum atomic E-state index is 12.7. The number of carbonyl (C=O) groups excluding carboxylic acids is 1. The molecule has 0 radical (unpaired) electrons. The zero-order valence-corrected chi connectivity index (χ0v) is 11.3. The number of nitrogens with zero attached hydrogens (tertiary/aromatic N) is 1. The average Bonchev–Trinajstić information content (AvgIpc) is 3.31. The molecule has 3 nitrogen and oxygen atoms in total. The molecule has 2 fully saturated rings. The van der Waals surface area contributed by atoms with Gasteiger partial charge in [-0.2, -0.15) is 0 Å². The third-order valence-corrected chi connectivity index (χ3v) is 4.04. The fourth-order valence-electron chi connectivity index (χ4n) is 2.73. The van der Waals surface area contributed by atoms with Crippen molar-refractivity contribution in [3.8, 4) is 0 Å². The van der Waals surface area contributed by atoms with Crippen LogP contribution in [0.5, 0.6) is 0 Å². The molecule has 3 rings (SSSR count). The second-order valence-electron chi connectivity index (χ2n) is 5.57. The van der Waals surface area contributed by atoms with Crippen LogP contribution >= 0.6 is 0 Å². The van der Waals surface area contributed by atoms with E-state index in [0.717, 1.165) is 32.6 Å². The van der Waals surface area contributed by atoms with Gasteiger partial charge in [-0.3, -0.25) is 4.79 Å². The number of benzene rings is 1. The Bertz CT molecular complexity index is 422. The number of rotatable bonds is 4. The number of hydrogen-bond donors (Lipinski definition) is 0. The van der Waals surface area contributed by atoms with E-state index in [-0.39, 0.29) is 5.92 Å². The van der Waals surface area contributed by atoms with Crippen molar-refractivity contribution in [2.75, 3.05) is 13.2 Å². The summed E-state index contributed by atoms with van der Waals surface area (Å²) in [7, 11) is 0. The average molecular weight is 259 g/mol. The van der Waals surface area contributed by atoms with E-state index in [1.54, 1.807) is 0 Å². The molecule has 1 aliphatic heterocycles. The third kappa shape index (κ3) is 3.16. The zero-order valence-electron chi connectivity index (χ0n) is 11.3. The van der Waals surface area contributed by atoms with Gasteiger partial charge in [0.15, 0.2) is 0 Å². The first-order valence-electron chi connectivity index (χ1n) is 7.27. The van der Waals surface area contributed by atoms with Crippen LogP contribution in [0.4, 0.5) is 0 Å². The highest BCUT2D eigenvalue weighted by Gasteiger charge is 2.36. The Morgan fingerprint density at radius 1 is 1.11 bits per heavy atom. The topological polar surface area (TPSA) is 29.5 Å². The van der Waals surface area contributed by atoms with Crippen LogP contribution in [-0.4, -0.2) is 30.1 Å². The van der Waals surface area contributed by atoms with Gasteiger partial charge < -0.3 is 9.64 Å². The van der Waals surface area contributed by atoms with E-state index in [1.807, 2.05) is 18.2 Å². The van der Waals surface area contributed by atoms with E-state index in [9.17, 15) is 4.79 Å². The van der Waals surface area contributed by atoms with Gasteiger partial charge in [-0.25, -0.2) is 0 Å². The normalized spacial score (nSPS) is 20.2. The standard InChI is InChI=1S/C16H21NO2/c18-16(14-8-10-19-11-9-14)17(15-6-7-15)12-13-4-2-1-3-5-13/h1-5,14-15H,6-12H2. The van der Waals surface area contributed by atoms with Crippen molar-refractivity contribution in [1.29, 1.82) is 0 Å². The first-order valence-corrected chi connectivity index (χ1v) is 7.27. The molecule has 0 spiro atoms. The highest BCUT2D eigenvalue weighted by molar-refractivity contribution is 5.79. The molecule has 1 heterocycles. The van der Waals surface area contributed by atoms with E-state index in [4.69, 9.17) is 4.74 Å². The lowest BCUT2D eigenvalue weighted by molar-refractivity contribution is -0.139. The molecule has 0 bridgehead atoms. The highest BCUT2D eigenvalue weighted by atomic mass is 16.5. The van der Waals surface area contributed by atoms with Crippen LogP contribution in [-0.2, 0) is 16.1 Å². The van der Waals surface area contributed by atoms with Gasteiger partial charge in [-0.1, -0.05) is 30.3 Å². The van der Waals surface area contributed by atoms with Crippen LogP contribution in [0.3, 0.4) is 0 Å². The number of carbonyl (C=O) groups is 1. The van der Waals surface area contributed by atoms with E-state index in [0.29, 0.717) is 11.9 Å². The molecule has 1 aromatic carbocycles. The lowest BCUT2D eigenvalue weighted by Gasteiger charge is -2.29. The molecule has 3 heteroatoms. The van der Waals surface area contributed by atoms with Gasteiger partial charge in [-0.05, 0) is 31.2 Å². The molecule has 1 amide bonds. The highest BCUT2D eigenvalue weighted by Crippen LogP contribution is 2.31. The summed E-state index contributed by atoms with van der Waals surface area (Å²) >= 11 is 0. The summed E-state index contributed by atoms with van der Waals surface area (Å²) in [6, 6.07) is 10.8. The van der Waals surface area contributed by atoms with Gasteiger partial charge in [0.25, 0.3) is 0 Å². The minimum absolute atomic E-state index is 0.179. The number of amides is 1. The lowest BCUT2D eigenvalue weighted by atomic mass is 9.98. The van der Waals surface area contributed by atoms with Crippen LogP contribution < -0.4 is 0 Å². The summed E-state index contributed by atoms with van der Waals surface area (Å²) in [5, 5.41) is 0. The summed E-state index contributed by atoms with van der Waals surface area (Å²) in [6.07, 6.45) is 4.11. The van der Waals surface area contributed by atoms with Gasteiger partial charge >= 0.3 is 0 Å². The molecule has 1 saturated carbocycles. The predicted molar refractivity (Wildman–Crippen MR) is 73.6 cm³/mol. The quantitative estimate of drug-likeness (QED) is 0.832. The monoisotopic (exact) mass is 259 g/mol. The van der Waals surface area contributed by atoms with Gasteiger partial charge in [0.05, 0.1) is 0 Å². The van der Waals surface area contributed by atoms with Gasteiger partial charge in [0.2, 0.25) is 5.91 Å². The molecule has 1 aromatic rings. The molecular weight excluding hydrogens is 238 g/mol. The van der Waals surface area contributed by atoms with Crippen LogP contribution in [0, 0.1) is 5.92 Å². The SMILES string of the molecule is O=C(C1CCOCC1)N(Cc1ccccc1)C1CC1. The van der Waals surface area contributed by atoms with Gasteiger partial charge in [-0.15, -0.1) is 0 Å². The van der Waals surface area contributed by atoms with Crippen LogP contribution in [0.2, 0.25) is 0 Å². The first-order chi connectivity index (χ1) is 9.34. The molecule has 19 heavy (non-hydrogen) atoms. The van der Waals surface area contributed by atoms with Crippen molar-refractivity contribution in [3.63, 3.8) is 0 Å². The first kappa shape index (κ1) is 12.7. The zero-order chi connectivity index (χ0) is 13.1. The number of ether oxygens (including phenoxy) is 1. The molecule has 1 aliphatic carbocycles. The van der Waals surface area contributed by atoms with E-state index >= 15 is 0 Å². The predicted octanol–water partition coefficient (Wildman–Crippen LogP) is 2.60. The largest absolute Gasteiger partial charge is 0.381 e. The fourth-order valence-corrected chi connectivity index (χ4v) is 2.73. The van der Waals surface area contributed by atoms with Gasteiger partial charge in [0.1, 0.15) is 0 Å². The number of hydrogen-bond acceptors (Lipinski definition) is 2. The molecule has 0 unspecified atom stereocenters. The molecule has 0 N–H and O–H groups in total.